The van der Waals surface area contributed by atoms with E-state index in [2.05, 4.69) is 10.1 Å². The fourth-order valence-corrected chi connectivity index (χ4v) is 3.87. The Morgan fingerprint density at radius 3 is 2.77 bits per heavy atom. The first-order valence-corrected chi connectivity index (χ1v) is 11.3. The second-order valence-corrected chi connectivity index (χ2v) is 8.26. The molecule has 0 atom stereocenters. The van der Waals surface area contributed by atoms with Gasteiger partial charge in [0.25, 0.3) is 5.91 Å². The SMILES string of the molecule is Cc1ccccc1OCCN(C)C(=O)c1cc(-c2cccnc2)nc2c1cnn2Cc1ccco1. The molecule has 4 heterocycles. The van der Waals surface area contributed by atoms with Crippen molar-refractivity contribution < 1.29 is 13.9 Å². The fourth-order valence-electron chi connectivity index (χ4n) is 3.87. The van der Waals surface area contributed by atoms with Gasteiger partial charge in [-0.2, -0.15) is 5.10 Å². The topological polar surface area (TPSA) is 86.3 Å². The maximum absolute atomic E-state index is 13.5. The minimum Gasteiger partial charge on any atom is -0.491 e. The number of pyridine rings is 2. The largest absolute Gasteiger partial charge is 0.491 e. The molecule has 0 saturated heterocycles. The normalized spacial score (nSPS) is 11.0. The molecular weight excluding hydrogens is 442 g/mol. The molecule has 0 aliphatic rings. The number of rotatable bonds is 8. The van der Waals surface area contributed by atoms with Gasteiger partial charge in [0.05, 0.1) is 35.6 Å². The number of fused-ring (bicyclic) bond motifs is 1. The Labute approximate surface area is 202 Å². The van der Waals surface area contributed by atoms with E-state index in [1.54, 1.807) is 47.5 Å². The van der Waals surface area contributed by atoms with Crippen LogP contribution in [0.5, 0.6) is 5.75 Å². The molecule has 0 radical (unpaired) electrons. The van der Waals surface area contributed by atoms with Crippen molar-refractivity contribution in [1.82, 2.24) is 24.6 Å². The molecule has 0 fully saturated rings. The zero-order chi connectivity index (χ0) is 24.2. The predicted molar refractivity (Wildman–Crippen MR) is 132 cm³/mol. The van der Waals surface area contributed by atoms with Crippen molar-refractivity contribution in [2.75, 3.05) is 20.2 Å². The number of aromatic nitrogens is 4. The molecule has 0 saturated carbocycles. The second-order valence-electron chi connectivity index (χ2n) is 8.26. The van der Waals surface area contributed by atoms with Gasteiger partial charge in [0.15, 0.2) is 5.65 Å². The summed E-state index contributed by atoms with van der Waals surface area (Å²) in [4.78, 5) is 24.2. The number of likely N-dealkylation sites (N-methyl/N-ethyl adjacent to an activating group) is 1. The van der Waals surface area contributed by atoms with Crippen LogP contribution in [0.25, 0.3) is 22.3 Å². The van der Waals surface area contributed by atoms with Gasteiger partial charge in [-0.25, -0.2) is 9.67 Å². The number of carbonyl (C=O) groups excluding carboxylic acids is 1. The highest BCUT2D eigenvalue weighted by atomic mass is 16.5. The van der Waals surface area contributed by atoms with Gasteiger partial charge in [-0.05, 0) is 48.9 Å². The number of hydrogen-bond donors (Lipinski definition) is 0. The maximum Gasteiger partial charge on any atom is 0.254 e. The summed E-state index contributed by atoms with van der Waals surface area (Å²) in [6.07, 6.45) is 6.74. The quantitative estimate of drug-likeness (QED) is 0.332. The second kappa shape index (κ2) is 9.80. The van der Waals surface area contributed by atoms with E-state index in [0.717, 1.165) is 22.6 Å². The highest BCUT2D eigenvalue weighted by molar-refractivity contribution is 6.06. The van der Waals surface area contributed by atoms with Gasteiger partial charge in [-0.3, -0.25) is 9.78 Å². The van der Waals surface area contributed by atoms with E-state index in [4.69, 9.17) is 14.1 Å². The highest BCUT2D eigenvalue weighted by Gasteiger charge is 2.21. The van der Waals surface area contributed by atoms with Gasteiger partial charge in [0.1, 0.15) is 24.7 Å². The summed E-state index contributed by atoms with van der Waals surface area (Å²) in [5.41, 5.74) is 3.66. The van der Waals surface area contributed by atoms with Crippen LogP contribution in [0, 0.1) is 6.92 Å². The van der Waals surface area contributed by atoms with Crippen LogP contribution in [0.1, 0.15) is 21.7 Å². The van der Waals surface area contributed by atoms with E-state index in [0.29, 0.717) is 42.0 Å². The average molecular weight is 468 g/mol. The van der Waals surface area contributed by atoms with E-state index in [1.807, 2.05) is 55.5 Å². The molecule has 8 heteroatoms. The van der Waals surface area contributed by atoms with E-state index in [9.17, 15) is 4.79 Å². The minimum absolute atomic E-state index is 0.131. The molecule has 4 aromatic heterocycles. The van der Waals surface area contributed by atoms with Crippen molar-refractivity contribution in [1.29, 1.82) is 0 Å². The summed E-state index contributed by atoms with van der Waals surface area (Å²) in [5, 5.41) is 5.18. The Balaban J connectivity index is 1.45. The number of hydrogen-bond acceptors (Lipinski definition) is 6. The van der Waals surface area contributed by atoms with Gasteiger partial charge in [-0.1, -0.05) is 18.2 Å². The number of aryl methyl sites for hydroxylation is 1. The van der Waals surface area contributed by atoms with Crippen molar-refractivity contribution in [3.8, 4) is 17.0 Å². The Bertz CT molecular complexity index is 1440. The first kappa shape index (κ1) is 22.3. The average Bonchev–Trinajstić information content (AvgIpc) is 3.55. The number of amides is 1. The number of ether oxygens (including phenoxy) is 1. The van der Waals surface area contributed by atoms with Crippen LogP contribution in [0.3, 0.4) is 0 Å². The lowest BCUT2D eigenvalue weighted by Gasteiger charge is -2.19. The maximum atomic E-state index is 13.5. The van der Waals surface area contributed by atoms with Gasteiger partial charge >= 0.3 is 0 Å². The Hall–Kier alpha value is -4.46. The monoisotopic (exact) mass is 467 g/mol. The van der Waals surface area contributed by atoms with Gasteiger partial charge < -0.3 is 14.1 Å². The summed E-state index contributed by atoms with van der Waals surface area (Å²) >= 11 is 0. The van der Waals surface area contributed by atoms with Crippen molar-refractivity contribution in [3.05, 3.63) is 96.3 Å². The zero-order valence-corrected chi connectivity index (χ0v) is 19.6. The molecular formula is C27H25N5O3. The number of furan rings is 1. The lowest BCUT2D eigenvalue weighted by atomic mass is 10.1. The van der Waals surface area contributed by atoms with Crippen LogP contribution in [-0.2, 0) is 6.54 Å². The van der Waals surface area contributed by atoms with E-state index >= 15 is 0 Å². The van der Waals surface area contributed by atoms with Gasteiger partial charge in [0, 0.05) is 25.0 Å². The molecule has 0 unspecified atom stereocenters. The van der Waals surface area contributed by atoms with Crippen LogP contribution < -0.4 is 4.74 Å². The summed E-state index contributed by atoms with van der Waals surface area (Å²) in [5.74, 6) is 1.44. The smallest absolute Gasteiger partial charge is 0.254 e. The molecule has 8 nitrogen and oxygen atoms in total. The van der Waals surface area contributed by atoms with Crippen LogP contribution in [-0.4, -0.2) is 50.8 Å². The highest BCUT2D eigenvalue weighted by Crippen LogP contribution is 2.26. The summed E-state index contributed by atoms with van der Waals surface area (Å²) < 4.78 is 13.1. The molecule has 1 aromatic carbocycles. The van der Waals surface area contributed by atoms with E-state index < -0.39 is 0 Å². The van der Waals surface area contributed by atoms with Crippen molar-refractivity contribution >= 4 is 16.9 Å². The van der Waals surface area contributed by atoms with Crippen LogP contribution in [0.15, 0.2) is 83.9 Å². The Morgan fingerprint density at radius 2 is 2.00 bits per heavy atom. The molecule has 0 aliphatic heterocycles. The minimum atomic E-state index is -0.131. The number of benzene rings is 1. The summed E-state index contributed by atoms with van der Waals surface area (Å²) in [6, 6.07) is 17.1. The van der Waals surface area contributed by atoms with Crippen molar-refractivity contribution in [2.45, 2.75) is 13.5 Å². The molecule has 0 N–H and O–H groups in total. The molecule has 0 bridgehead atoms. The first-order chi connectivity index (χ1) is 17.1. The third kappa shape index (κ3) is 4.77. The van der Waals surface area contributed by atoms with E-state index in [-0.39, 0.29) is 5.91 Å². The lowest BCUT2D eigenvalue weighted by Crippen LogP contribution is -2.31. The third-order valence-corrected chi connectivity index (χ3v) is 5.81. The molecule has 1 amide bonds. The molecule has 5 aromatic rings. The number of nitrogens with zero attached hydrogens (tertiary/aromatic N) is 5. The Morgan fingerprint density at radius 1 is 1.11 bits per heavy atom. The number of para-hydroxylation sites is 1. The van der Waals surface area contributed by atoms with Gasteiger partial charge in [-0.15, -0.1) is 0 Å². The van der Waals surface area contributed by atoms with Crippen LogP contribution in [0.4, 0.5) is 0 Å². The molecule has 176 valence electrons. The van der Waals surface area contributed by atoms with Crippen molar-refractivity contribution in [2.24, 2.45) is 0 Å². The predicted octanol–water partition coefficient (Wildman–Crippen LogP) is 4.59. The fraction of sp³-hybridized carbons (Fsp3) is 0.185. The number of carbonyl (C=O) groups is 1. The summed E-state index contributed by atoms with van der Waals surface area (Å²) in [6.45, 7) is 3.22. The van der Waals surface area contributed by atoms with Crippen molar-refractivity contribution in [3.63, 3.8) is 0 Å². The molecule has 0 aliphatic carbocycles. The van der Waals surface area contributed by atoms with E-state index in [1.165, 1.54) is 0 Å². The lowest BCUT2D eigenvalue weighted by molar-refractivity contribution is 0.0775. The molecule has 0 spiro atoms. The summed E-state index contributed by atoms with van der Waals surface area (Å²) in [7, 11) is 1.77. The van der Waals surface area contributed by atoms with Crippen LogP contribution in [0.2, 0.25) is 0 Å². The zero-order valence-electron chi connectivity index (χ0n) is 19.6. The van der Waals surface area contributed by atoms with Crippen LogP contribution >= 0.6 is 0 Å². The molecule has 35 heavy (non-hydrogen) atoms. The first-order valence-electron chi connectivity index (χ1n) is 11.3. The van der Waals surface area contributed by atoms with Gasteiger partial charge in [0.2, 0.25) is 0 Å². The third-order valence-electron chi connectivity index (χ3n) is 5.81. The standard InChI is InChI=1S/C27H25N5O3/c1-19-7-3-4-10-25(19)35-14-12-31(2)27(33)22-15-24(20-8-5-11-28-16-20)30-26-23(22)17-29-32(26)18-21-9-6-13-34-21/h3-11,13,15-17H,12,14,18H2,1-2H3. The Kier molecular flexibility index (Phi) is 6.26. The molecule has 5 rings (SSSR count).